The zero-order valence-corrected chi connectivity index (χ0v) is 13.7. The number of amides is 1. The number of carbonyl (C=O) groups excluding carboxylic acids is 1. The molecule has 4 heteroatoms. The maximum absolute atomic E-state index is 12.4. The SMILES string of the molecule is Cc1ccc(C)c(CC(=O)NC2(C(N)=S)CCCCC2)c1. The molecule has 1 aliphatic carbocycles. The van der Waals surface area contributed by atoms with Crippen LogP contribution in [-0.4, -0.2) is 16.4 Å². The van der Waals surface area contributed by atoms with Crippen molar-refractivity contribution in [1.29, 1.82) is 0 Å². The molecule has 0 aromatic heterocycles. The van der Waals surface area contributed by atoms with Gasteiger partial charge in [-0.1, -0.05) is 55.2 Å². The van der Waals surface area contributed by atoms with E-state index < -0.39 is 5.54 Å². The maximum Gasteiger partial charge on any atom is 0.225 e. The molecule has 1 aromatic carbocycles. The smallest absolute Gasteiger partial charge is 0.225 e. The Balaban J connectivity index is 2.09. The van der Waals surface area contributed by atoms with Crippen molar-refractivity contribution in [2.45, 2.75) is 57.9 Å². The van der Waals surface area contributed by atoms with Crippen LogP contribution in [-0.2, 0) is 11.2 Å². The van der Waals surface area contributed by atoms with Crippen molar-refractivity contribution in [2.75, 3.05) is 0 Å². The molecule has 0 aliphatic heterocycles. The van der Waals surface area contributed by atoms with Crippen molar-refractivity contribution < 1.29 is 4.79 Å². The molecule has 21 heavy (non-hydrogen) atoms. The molecule has 1 saturated carbocycles. The number of nitrogens with one attached hydrogen (secondary N) is 1. The lowest BCUT2D eigenvalue weighted by Crippen LogP contribution is -2.58. The molecule has 0 heterocycles. The second-order valence-corrected chi connectivity index (χ2v) is 6.60. The zero-order chi connectivity index (χ0) is 15.5. The number of benzene rings is 1. The van der Waals surface area contributed by atoms with Gasteiger partial charge in [-0.15, -0.1) is 0 Å². The fourth-order valence-electron chi connectivity index (χ4n) is 3.06. The van der Waals surface area contributed by atoms with E-state index in [1.54, 1.807) is 0 Å². The summed E-state index contributed by atoms with van der Waals surface area (Å²) < 4.78 is 0. The molecule has 0 radical (unpaired) electrons. The summed E-state index contributed by atoms with van der Waals surface area (Å²) >= 11 is 5.22. The topological polar surface area (TPSA) is 55.1 Å². The Morgan fingerprint density at radius 2 is 1.95 bits per heavy atom. The predicted octanol–water partition coefficient (Wildman–Crippen LogP) is 2.95. The van der Waals surface area contributed by atoms with Crippen molar-refractivity contribution in [3.8, 4) is 0 Å². The number of aryl methyl sites for hydroxylation is 2. The predicted molar refractivity (Wildman–Crippen MR) is 90.4 cm³/mol. The van der Waals surface area contributed by atoms with Crippen molar-refractivity contribution >= 4 is 23.1 Å². The van der Waals surface area contributed by atoms with Gasteiger partial charge in [-0.25, -0.2) is 0 Å². The number of carbonyl (C=O) groups is 1. The molecule has 1 fully saturated rings. The van der Waals surface area contributed by atoms with E-state index in [1.807, 2.05) is 13.8 Å². The first-order valence-electron chi connectivity index (χ1n) is 7.60. The summed E-state index contributed by atoms with van der Waals surface area (Å²) in [5.41, 5.74) is 8.83. The van der Waals surface area contributed by atoms with Gasteiger partial charge < -0.3 is 11.1 Å². The first kappa shape index (κ1) is 16.0. The quantitative estimate of drug-likeness (QED) is 0.841. The molecule has 114 valence electrons. The van der Waals surface area contributed by atoms with Gasteiger partial charge in [0, 0.05) is 0 Å². The minimum Gasteiger partial charge on any atom is -0.391 e. The summed E-state index contributed by atoms with van der Waals surface area (Å²) in [6.45, 7) is 4.07. The van der Waals surface area contributed by atoms with Gasteiger partial charge in [-0.05, 0) is 37.8 Å². The van der Waals surface area contributed by atoms with Crippen LogP contribution in [0, 0.1) is 13.8 Å². The fourth-order valence-corrected chi connectivity index (χ4v) is 3.32. The van der Waals surface area contributed by atoms with Crippen molar-refractivity contribution in [1.82, 2.24) is 5.32 Å². The number of nitrogens with two attached hydrogens (primary N) is 1. The van der Waals surface area contributed by atoms with Crippen molar-refractivity contribution in [3.05, 3.63) is 34.9 Å². The summed E-state index contributed by atoms with van der Waals surface area (Å²) in [6.07, 6.45) is 5.44. The van der Waals surface area contributed by atoms with Crippen LogP contribution in [0.2, 0.25) is 0 Å². The van der Waals surface area contributed by atoms with Gasteiger partial charge in [0.1, 0.15) is 0 Å². The van der Waals surface area contributed by atoms with Crippen molar-refractivity contribution in [3.63, 3.8) is 0 Å². The second-order valence-electron chi connectivity index (χ2n) is 6.16. The number of thiocarbonyl (C=S) groups is 1. The lowest BCUT2D eigenvalue weighted by Gasteiger charge is -2.37. The molecule has 0 spiro atoms. The van der Waals surface area contributed by atoms with Gasteiger partial charge in [-0.3, -0.25) is 4.79 Å². The average molecular weight is 304 g/mol. The van der Waals surface area contributed by atoms with E-state index >= 15 is 0 Å². The van der Waals surface area contributed by atoms with Crippen LogP contribution in [0.5, 0.6) is 0 Å². The molecular weight excluding hydrogens is 280 g/mol. The molecular formula is C17H24N2OS. The molecule has 2 rings (SSSR count). The molecule has 1 aromatic rings. The van der Waals surface area contributed by atoms with E-state index in [0.29, 0.717) is 11.4 Å². The molecule has 1 aliphatic rings. The number of hydrogen-bond donors (Lipinski definition) is 2. The Kier molecular flexibility index (Phi) is 4.99. The average Bonchev–Trinajstić information content (AvgIpc) is 2.43. The molecule has 3 N–H and O–H groups in total. The standard InChI is InChI=1S/C17H24N2OS/c1-12-6-7-13(2)14(10-12)11-15(20)19-17(16(18)21)8-4-3-5-9-17/h6-7,10H,3-5,8-9,11H2,1-2H3,(H2,18,21)(H,19,20). The van der Waals surface area contributed by atoms with E-state index in [2.05, 4.69) is 23.5 Å². The van der Waals surface area contributed by atoms with Crippen LogP contribution in [0.15, 0.2) is 18.2 Å². The highest BCUT2D eigenvalue weighted by atomic mass is 32.1. The monoisotopic (exact) mass is 304 g/mol. The first-order chi connectivity index (χ1) is 9.93. The Hall–Kier alpha value is -1.42. The summed E-state index contributed by atoms with van der Waals surface area (Å²) in [6, 6.07) is 6.19. The fraction of sp³-hybridized carbons (Fsp3) is 0.529. The summed E-state index contributed by atoms with van der Waals surface area (Å²) in [5, 5.41) is 3.12. The minimum atomic E-state index is -0.470. The largest absolute Gasteiger partial charge is 0.391 e. The van der Waals surface area contributed by atoms with Gasteiger partial charge >= 0.3 is 0 Å². The normalized spacial score (nSPS) is 17.2. The Morgan fingerprint density at radius 3 is 2.57 bits per heavy atom. The van der Waals surface area contributed by atoms with Gasteiger partial charge in [0.15, 0.2) is 0 Å². The van der Waals surface area contributed by atoms with E-state index in [1.165, 1.54) is 12.0 Å². The molecule has 3 nitrogen and oxygen atoms in total. The number of rotatable bonds is 4. The molecule has 1 amide bonds. The van der Waals surface area contributed by atoms with E-state index in [-0.39, 0.29) is 5.91 Å². The lowest BCUT2D eigenvalue weighted by molar-refractivity contribution is -0.121. The van der Waals surface area contributed by atoms with Crippen LogP contribution in [0.25, 0.3) is 0 Å². The van der Waals surface area contributed by atoms with Crippen LogP contribution < -0.4 is 11.1 Å². The van der Waals surface area contributed by atoms with Crippen LogP contribution in [0.1, 0.15) is 48.8 Å². The van der Waals surface area contributed by atoms with Gasteiger partial charge in [-0.2, -0.15) is 0 Å². The third kappa shape index (κ3) is 3.82. The maximum atomic E-state index is 12.4. The van der Waals surface area contributed by atoms with Crippen molar-refractivity contribution in [2.24, 2.45) is 5.73 Å². The highest BCUT2D eigenvalue weighted by Gasteiger charge is 2.36. The zero-order valence-electron chi connectivity index (χ0n) is 12.9. The second kappa shape index (κ2) is 6.56. The third-order valence-electron chi connectivity index (χ3n) is 4.41. The molecule has 0 unspecified atom stereocenters. The molecule has 0 bridgehead atoms. The Labute approximate surface area is 132 Å². The highest BCUT2D eigenvalue weighted by Crippen LogP contribution is 2.28. The summed E-state index contributed by atoms with van der Waals surface area (Å²) in [5.74, 6) is 0.0124. The van der Waals surface area contributed by atoms with E-state index in [0.717, 1.165) is 36.8 Å². The Morgan fingerprint density at radius 1 is 1.29 bits per heavy atom. The van der Waals surface area contributed by atoms with E-state index in [4.69, 9.17) is 18.0 Å². The van der Waals surface area contributed by atoms with Crippen LogP contribution in [0.3, 0.4) is 0 Å². The molecule has 0 saturated heterocycles. The summed E-state index contributed by atoms with van der Waals surface area (Å²) in [4.78, 5) is 12.9. The molecule has 0 atom stereocenters. The highest BCUT2D eigenvalue weighted by molar-refractivity contribution is 7.80. The summed E-state index contributed by atoms with van der Waals surface area (Å²) in [7, 11) is 0. The Bertz CT molecular complexity index is 548. The van der Waals surface area contributed by atoms with E-state index in [9.17, 15) is 4.79 Å². The van der Waals surface area contributed by atoms with Crippen LogP contribution in [0.4, 0.5) is 0 Å². The van der Waals surface area contributed by atoms with Gasteiger partial charge in [0.05, 0.1) is 16.9 Å². The first-order valence-corrected chi connectivity index (χ1v) is 8.01. The minimum absolute atomic E-state index is 0.0124. The van der Waals surface area contributed by atoms with Gasteiger partial charge in [0.2, 0.25) is 5.91 Å². The lowest BCUT2D eigenvalue weighted by atomic mass is 9.81. The van der Waals surface area contributed by atoms with Gasteiger partial charge in [0.25, 0.3) is 0 Å². The number of hydrogen-bond acceptors (Lipinski definition) is 2. The third-order valence-corrected chi connectivity index (χ3v) is 4.80. The van der Waals surface area contributed by atoms with Crippen LogP contribution >= 0.6 is 12.2 Å².